The van der Waals surface area contributed by atoms with Gasteiger partial charge < -0.3 is 14.5 Å². The molecule has 1 aliphatic heterocycles. The van der Waals surface area contributed by atoms with Gasteiger partial charge in [0.15, 0.2) is 0 Å². The van der Waals surface area contributed by atoms with E-state index in [2.05, 4.69) is 91.0 Å². The molecule has 5 aromatic rings. The SMILES string of the molecule is COc1ccc2ncc3c(-c4cccc(N5CCC(N(C)C)CC5)c4)nn(-c4ccc(C)c(C)c4)c3c2c1. The molecule has 6 heteroatoms. The minimum atomic E-state index is 0.656. The molecule has 0 unspecified atom stereocenters. The molecular formula is C32H35N5O. The van der Waals surface area contributed by atoms with Gasteiger partial charge in [-0.3, -0.25) is 4.98 Å². The molecule has 6 nitrogen and oxygen atoms in total. The van der Waals surface area contributed by atoms with Gasteiger partial charge in [-0.05, 0) is 94.4 Å². The normalized spacial score (nSPS) is 14.6. The molecule has 3 heterocycles. The zero-order valence-corrected chi connectivity index (χ0v) is 22.9. The van der Waals surface area contributed by atoms with Crippen molar-refractivity contribution in [3.05, 3.63) is 78.0 Å². The Kier molecular flexibility index (Phi) is 6.28. The highest BCUT2D eigenvalue weighted by Gasteiger charge is 2.22. The molecule has 38 heavy (non-hydrogen) atoms. The number of methoxy groups -OCH3 is 1. The molecule has 1 fully saturated rings. The van der Waals surface area contributed by atoms with E-state index in [4.69, 9.17) is 14.8 Å². The van der Waals surface area contributed by atoms with Crippen LogP contribution in [0, 0.1) is 13.8 Å². The molecule has 0 N–H and O–H groups in total. The van der Waals surface area contributed by atoms with Crippen LogP contribution in [0.25, 0.3) is 38.8 Å². The van der Waals surface area contributed by atoms with Crippen molar-refractivity contribution in [2.45, 2.75) is 32.7 Å². The first-order chi connectivity index (χ1) is 18.4. The summed E-state index contributed by atoms with van der Waals surface area (Å²) in [5.74, 6) is 0.810. The molecule has 0 radical (unpaired) electrons. The van der Waals surface area contributed by atoms with E-state index in [0.717, 1.165) is 57.6 Å². The largest absolute Gasteiger partial charge is 0.497 e. The summed E-state index contributed by atoms with van der Waals surface area (Å²) in [6.45, 7) is 6.42. The quantitative estimate of drug-likeness (QED) is 0.277. The summed E-state index contributed by atoms with van der Waals surface area (Å²) in [6, 6.07) is 22.1. The Morgan fingerprint density at radius 3 is 2.42 bits per heavy atom. The molecule has 0 saturated carbocycles. The molecule has 1 aliphatic rings. The molecule has 0 bridgehead atoms. The van der Waals surface area contributed by atoms with Crippen molar-refractivity contribution in [3.63, 3.8) is 0 Å². The molecular weight excluding hydrogens is 470 g/mol. The van der Waals surface area contributed by atoms with Gasteiger partial charge in [-0.1, -0.05) is 18.2 Å². The number of fused-ring (bicyclic) bond motifs is 3. The van der Waals surface area contributed by atoms with E-state index >= 15 is 0 Å². The zero-order valence-electron chi connectivity index (χ0n) is 22.9. The number of rotatable bonds is 5. The average Bonchev–Trinajstić information content (AvgIpc) is 3.34. The number of piperidine rings is 1. The molecule has 194 valence electrons. The Hall–Kier alpha value is -3.90. The first-order valence-electron chi connectivity index (χ1n) is 13.4. The average molecular weight is 506 g/mol. The number of anilines is 1. The van der Waals surface area contributed by atoms with Gasteiger partial charge in [0.2, 0.25) is 0 Å². The van der Waals surface area contributed by atoms with Crippen molar-refractivity contribution >= 4 is 27.5 Å². The van der Waals surface area contributed by atoms with Crippen LogP contribution in [-0.2, 0) is 0 Å². The Morgan fingerprint density at radius 2 is 1.68 bits per heavy atom. The van der Waals surface area contributed by atoms with E-state index in [9.17, 15) is 0 Å². The number of ether oxygens (including phenoxy) is 1. The van der Waals surface area contributed by atoms with Crippen molar-refractivity contribution in [1.29, 1.82) is 0 Å². The van der Waals surface area contributed by atoms with Gasteiger partial charge in [-0.2, -0.15) is 5.10 Å². The summed E-state index contributed by atoms with van der Waals surface area (Å²) in [4.78, 5) is 9.68. The van der Waals surface area contributed by atoms with Gasteiger partial charge in [-0.15, -0.1) is 0 Å². The summed E-state index contributed by atoms with van der Waals surface area (Å²) >= 11 is 0. The summed E-state index contributed by atoms with van der Waals surface area (Å²) in [5, 5.41) is 7.30. The van der Waals surface area contributed by atoms with Crippen LogP contribution in [0.4, 0.5) is 5.69 Å². The van der Waals surface area contributed by atoms with Crippen LogP contribution in [0.2, 0.25) is 0 Å². The monoisotopic (exact) mass is 505 g/mol. The molecule has 0 aliphatic carbocycles. The van der Waals surface area contributed by atoms with Gasteiger partial charge in [0.1, 0.15) is 11.4 Å². The minimum absolute atomic E-state index is 0.656. The number of aromatic nitrogens is 3. The van der Waals surface area contributed by atoms with Gasteiger partial charge >= 0.3 is 0 Å². The fourth-order valence-corrected chi connectivity index (χ4v) is 5.64. The summed E-state index contributed by atoms with van der Waals surface area (Å²) in [6.07, 6.45) is 4.33. The number of benzene rings is 3. The fourth-order valence-electron chi connectivity index (χ4n) is 5.64. The molecule has 0 amide bonds. The van der Waals surface area contributed by atoms with Crippen LogP contribution >= 0.6 is 0 Å². The molecule has 1 saturated heterocycles. The van der Waals surface area contributed by atoms with Gasteiger partial charge in [-0.25, -0.2) is 4.68 Å². The van der Waals surface area contributed by atoms with Gasteiger partial charge in [0, 0.05) is 47.4 Å². The van der Waals surface area contributed by atoms with E-state index in [1.54, 1.807) is 7.11 Å². The van der Waals surface area contributed by atoms with Crippen LogP contribution in [0.15, 0.2) is 66.9 Å². The Bertz CT molecular complexity index is 1630. The fraction of sp³-hybridized carbons (Fsp3) is 0.312. The number of pyridine rings is 1. The highest BCUT2D eigenvalue weighted by Crippen LogP contribution is 2.36. The van der Waals surface area contributed by atoms with E-state index < -0.39 is 0 Å². The number of hydrogen-bond acceptors (Lipinski definition) is 5. The third-order valence-electron chi connectivity index (χ3n) is 8.13. The highest BCUT2D eigenvalue weighted by molar-refractivity contribution is 6.09. The molecule has 2 aromatic heterocycles. The predicted molar refractivity (Wildman–Crippen MR) is 157 cm³/mol. The minimum Gasteiger partial charge on any atom is -0.497 e. The highest BCUT2D eigenvalue weighted by atomic mass is 16.5. The lowest BCUT2D eigenvalue weighted by molar-refractivity contribution is 0.249. The van der Waals surface area contributed by atoms with Crippen LogP contribution in [-0.4, -0.2) is 60.0 Å². The third kappa shape index (κ3) is 4.29. The van der Waals surface area contributed by atoms with Crippen LogP contribution in [0.1, 0.15) is 24.0 Å². The smallest absolute Gasteiger partial charge is 0.119 e. The first kappa shape index (κ1) is 24.4. The van der Waals surface area contributed by atoms with Gasteiger partial charge in [0.25, 0.3) is 0 Å². The summed E-state index contributed by atoms with van der Waals surface area (Å²) < 4.78 is 7.66. The van der Waals surface area contributed by atoms with E-state index in [-0.39, 0.29) is 0 Å². The van der Waals surface area contributed by atoms with Crippen LogP contribution in [0.5, 0.6) is 5.75 Å². The second-order valence-corrected chi connectivity index (χ2v) is 10.7. The Balaban J connectivity index is 1.51. The predicted octanol–water partition coefficient (Wildman–Crippen LogP) is 6.40. The maximum atomic E-state index is 5.58. The summed E-state index contributed by atoms with van der Waals surface area (Å²) in [7, 11) is 6.07. The second-order valence-electron chi connectivity index (χ2n) is 10.7. The van der Waals surface area contributed by atoms with E-state index in [1.165, 1.54) is 29.7 Å². The second kappa shape index (κ2) is 9.76. The molecule has 3 aromatic carbocycles. The number of aryl methyl sites for hydroxylation is 2. The standard InChI is InChI=1S/C32H35N5O/c1-21-9-10-26(17-22(21)2)37-32-28-19-27(38-5)11-12-30(28)33-20-29(32)31(34-37)23-7-6-8-25(18-23)36-15-13-24(14-16-36)35(3)4/h6-12,17-20,24H,13-16H2,1-5H3. The first-order valence-corrected chi connectivity index (χ1v) is 13.4. The number of hydrogen-bond donors (Lipinski definition) is 0. The van der Waals surface area contributed by atoms with Crippen LogP contribution < -0.4 is 9.64 Å². The van der Waals surface area contributed by atoms with Crippen molar-refractivity contribution < 1.29 is 4.74 Å². The maximum Gasteiger partial charge on any atom is 0.119 e. The third-order valence-corrected chi connectivity index (χ3v) is 8.13. The van der Waals surface area contributed by atoms with Crippen LogP contribution in [0.3, 0.4) is 0 Å². The lowest BCUT2D eigenvalue weighted by atomic mass is 10.0. The Labute approximate surface area is 224 Å². The summed E-state index contributed by atoms with van der Waals surface area (Å²) in [5.41, 5.74) is 8.83. The molecule has 0 spiro atoms. The number of nitrogens with zero attached hydrogens (tertiary/aromatic N) is 5. The van der Waals surface area contributed by atoms with E-state index in [0.29, 0.717) is 6.04 Å². The molecule has 6 rings (SSSR count). The van der Waals surface area contributed by atoms with Crippen molar-refractivity contribution in [2.24, 2.45) is 0 Å². The Morgan fingerprint density at radius 1 is 0.868 bits per heavy atom. The zero-order chi connectivity index (χ0) is 26.4. The lowest BCUT2D eigenvalue weighted by Crippen LogP contribution is -2.41. The maximum absolute atomic E-state index is 5.58. The lowest BCUT2D eigenvalue weighted by Gasteiger charge is -2.36. The van der Waals surface area contributed by atoms with Gasteiger partial charge in [0.05, 0.1) is 23.8 Å². The van der Waals surface area contributed by atoms with Crippen molar-refractivity contribution in [3.8, 4) is 22.7 Å². The van der Waals surface area contributed by atoms with Crippen molar-refractivity contribution in [1.82, 2.24) is 19.7 Å². The molecule has 0 atom stereocenters. The topological polar surface area (TPSA) is 46.4 Å². The van der Waals surface area contributed by atoms with E-state index in [1.807, 2.05) is 18.3 Å². The van der Waals surface area contributed by atoms with Crippen molar-refractivity contribution in [2.75, 3.05) is 39.2 Å².